The minimum atomic E-state index is -1.10. The third-order valence-electron chi connectivity index (χ3n) is 7.47. The second-order valence-corrected chi connectivity index (χ2v) is 9.81. The van der Waals surface area contributed by atoms with E-state index in [1.165, 1.54) is 0 Å². The van der Waals surface area contributed by atoms with Gasteiger partial charge in [-0.1, -0.05) is 39.0 Å². The first-order chi connectivity index (χ1) is 15.0. The van der Waals surface area contributed by atoms with Crippen LogP contribution < -0.4 is 0 Å². The van der Waals surface area contributed by atoms with Gasteiger partial charge in [0.25, 0.3) is 0 Å². The van der Waals surface area contributed by atoms with Crippen LogP contribution in [-0.2, 0) is 14.3 Å². The molecule has 0 aliphatic heterocycles. The molecule has 0 fully saturated rings. The molecule has 0 radical (unpaired) electrons. The number of rotatable bonds is 11. The summed E-state index contributed by atoms with van der Waals surface area (Å²) in [5, 5.41) is 39.3. The standard InChI is InChI=1S/C25H40O7/c1-5-25(4,6-2)24(31)32-21-13-18(27)11-16-8-7-15(3)20(23(16)21)10-9-17(26)12-19(28)14-22(29)30/h7-8,11,15,17-21,23,26-28H,5-6,9-10,12-14H2,1-4H3,(H,29,30)/t15-,17+,18+,19+,20-,21-,23-/m0/s1. The Hall–Kier alpha value is -1.70. The summed E-state index contributed by atoms with van der Waals surface area (Å²) in [6, 6.07) is 0. The van der Waals surface area contributed by atoms with Crippen molar-refractivity contribution in [2.45, 2.75) is 97.1 Å². The molecule has 32 heavy (non-hydrogen) atoms. The summed E-state index contributed by atoms with van der Waals surface area (Å²) < 4.78 is 6.03. The lowest BCUT2D eigenvalue weighted by Gasteiger charge is -2.43. The van der Waals surface area contributed by atoms with Crippen LogP contribution in [0.15, 0.2) is 23.8 Å². The molecule has 0 saturated carbocycles. The molecule has 2 aliphatic carbocycles. The van der Waals surface area contributed by atoms with Gasteiger partial charge < -0.3 is 25.2 Å². The van der Waals surface area contributed by atoms with E-state index in [1.807, 2.05) is 32.9 Å². The number of aliphatic hydroxyl groups excluding tert-OH is 3. The maximum absolute atomic E-state index is 13.0. The number of aliphatic carboxylic acids is 1. The number of carbonyl (C=O) groups is 2. The monoisotopic (exact) mass is 452 g/mol. The molecule has 182 valence electrons. The Morgan fingerprint density at radius 2 is 1.88 bits per heavy atom. The molecule has 0 saturated heterocycles. The number of carbonyl (C=O) groups excluding carboxylic acids is 1. The largest absolute Gasteiger partial charge is 0.481 e. The van der Waals surface area contributed by atoms with Crippen LogP contribution in [0.25, 0.3) is 0 Å². The molecule has 7 heteroatoms. The molecule has 0 unspecified atom stereocenters. The smallest absolute Gasteiger partial charge is 0.312 e. The first kappa shape index (κ1) is 26.6. The van der Waals surface area contributed by atoms with Crippen molar-refractivity contribution in [1.29, 1.82) is 0 Å². The van der Waals surface area contributed by atoms with Crippen LogP contribution in [0, 0.1) is 23.2 Å². The summed E-state index contributed by atoms with van der Waals surface area (Å²) in [5.74, 6) is -1.12. The molecule has 0 spiro atoms. The van der Waals surface area contributed by atoms with Crippen LogP contribution in [0.2, 0.25) is 0 Å². The molecule has 0 aromatic rings. The Morgan fingerprint density at radius 3 is 2.47 bits per heavy atom. The number of carboxylic acids is 1. The van der Waals surface area contributed by atoms with Gasteiger partial charge >= 0.3 is 11.9 Å². The highest BCUT2D eigenvalue weighted by Crippen LogP contribution is 2.44. The summed E-state index contributed by atoms with van der Waals surface area (Å²) in [6.45, 7) is 7.95. The zero-order valence-corrected chi connectivity index (χ0v) is 19.7. The van der Waals surface area contributed by atoms with E-state index >= 15 is 0 Å². The number of hydrogen-bond acceptors (Lipinski definition) is 6. The number of aliphatic hydroxyl groups is 3. The fourth-order valence-corrected chi connectivity index (χ4v) is 4.91. The summed E-state index contributed by atoms with van der Waals surface area (Å²) in [4.78, 5) is 23.7. The third kappa shape index (κ3) is 6.65. The van der Waals surface area contributed by atoms with Crippen LogP contribution >= 0.6 is 0 Å². The Balaban J connectivity index is 2.14. The second kappa shape index (κ2) is 11.4. The van der Waals surface area contributed by atoms with Gasteiger partial charge in [-0.2, -0.15) is 0 Å². The summed E-state index contributed by atoms with van der Waals surface area (Å²) >= 11 is 0. The number of hydrogen-bond donors (Lipinski definition) is 4. The maximum Gasteiger partial charge on any atom is 0.312 e. The summed E-state index contributed by atoms with van der Waals surface area (Å²) in [7, 11) is 0. The highest BCUT2D eigenvalue weighted by molar-refractivity contribution is 5.76. The fraction of sp³-hybridized carbons (Fsp3) is 0.760. The second-order valence-electron chi connectivity index (χ2n) is 9.81. The van der Waals surface area contributed by atoms with Gasteiger partial charge in [0.1, 0.15) is 6.10 Å². The quantitative estimate of drug-likeness (QED) is 0.355. The van der Waals surface area contributed by atoms with E-state index in [4.69, 9.17) is 9.84 Å². The van der Waals surface area contributed by atoms with Gasteiger partial charge in [-0.3, -0.25) is 9.59 Å². The molecule has 7 nitrogen and oxygen atoms in total. The van der Waals surface area contributed by atoms with Gasteiger partial charge in [-0.05, 0) is 56.4 Å². The maximum atomic E-state index is 13.0. The fourth-order valence-electron chi connectivity index (χ4n) is 4.91. The Labute approximate surface area is 191 Å². The predicted octanol–water partition coefficient (Wildman–Crippen LogP) is 3.22. The van der Waals surface area contributed by atoms with E-state index in [0.29, 0.717) is 32.1 Å². The molecule has 0 amide bonds. The highest BCUT2D eigenvalue weighted by atomic mass is 16.5. The van der Waals surface area contributed by atoms with Crippen molar-refractivity contribution in [2.24, 2.45) is 23.2 Å². The van der Waals surface area contributed by atoms with E-state index in [2.05, 4.69) is 13.0 Å². The van der Waals surface area contributed by atoms with Crippen molar-refractivity contribution in [2.75, 3.05) is 0 Å². The molecule has 7 atom stereocenters. The number of esters is 1. The predicted molar refractivity (Wildman–Crippen MR) is 121 cm³/mol. The SMILES string of the molecule is CCC(C)(CC)C(=O)O[C@H]1C[C@H](O)C=C2C=C[C@H](C)[C@H](CC[C@@H](O)C[C@@H](O)CC(=O)O)[C@H]21. The van der Waals surface area contributed by atoms with Crippen molar-refractivity contribution in [3.05, 3.63) is 23.8 Å². The van der Waals surface area contributed by atoms with Crippen molar-refractivity contribution >= 4 is 11.9 Å². The molecular weight excluding hydrogens is 412 g/mol. The number of fused-ring (bicyclic) bond motifs is 1. The van der Waals surface area contributed by atoms with Gasteiger partial charge in [-0.15, -0.1) is 0 Å². The van der Waals surface area contributed by atoms with Crippen molar-refractivity contribution in [1.82, 2.24) is 0 Å². The average molecular weight is 453 g/mol. The van der Waals surface area contributed by atoms with Crippen LogP contribution in [0.4, 0.5) is 0 Å². The summed E-state index contributed by atoms with van der Waals surface area (Å²) in [5.41, 5.74) is 0.397. The molecule has 0 bridgehead atoms. The van der Waals surface area contributed by atoms with E-state index in [0.717, 1.165) is 5.57 Å². The van der Waals surface area contributed by atoms with Crippen molar-refractivity contribution in [3.63, 3.8) is 0 Å². The zero-order valence-electron chi connectivity index (χ0n) is 19.7. The number of carboxylic acid groups (broad SMARTS) is 1. The van der Waals surface area contributed by atoms with Crippen molar-refractivity contribution in [3.8, 4) is 0 Å². The molecule has 4 N–H and O–H groups in total. The van der Waals surface area contributed by atoms with Crippen molar-refractivity contribution < 1.29 is 34.8 Å². The molecule has 2 rings (SSSR count). The molecule has 0 aromatic carbocycles. The minimum absolute atomic E-state index is 0.0130. The van der Waals surface area contributed by atoms with E-state index in [9.17, 15) is 24.9 Å². The third-order valence-corrected chi connectivity index (χ3v) is 7.47. The molecule has 0 heterocycles. The van der Waals surface area contributed by atoms with Gasteiger partial charge in [0.15, 0.2) is 0 Å². The number of allylic oxidation sites excluding steroid dienone is 2. The summed E-state index contributed by atoms with van der Waals surface area (Å²) in [6.07, 6.45) is 5.27. The average Bonchev–Trinajstić information content (AvgIpc) is 2.71. The molecule has 2 aliphatic rings. The normalized spacial score (nSPS) is 29.6. The topological polar surface area (TPSA) is 124 Å². The van der Waals surface area contributed by atoms with E-state index in [-0.39, 0.29) is 30.1 Å². The van der Waals surface area contributed by atoms with E-state index < -0.39 is 42.2 Å². The molecular formula is C25H40O7. The van der Waals surface area contributed by atoms with Gasteiger partial charge in [-0.25, -0.2) is 0 Å². The lowest BCUT2D eigenvalue weighted by Crippen LogP contribution is -2.44. The lowest BCUT2D eigenvalue weighted by molar-refractivity contribution is -0.166. The van der Waals surface area contributed by atoms with Gasteiger partial charge in [0.2, 0.25) is 0 Å². The first-order valence-corrected chi connectivity index (χ1v) is 11.9. The zero-order chi connectivity index (χ0) is 24.1. The number of ether oxygens (including phenoxy) is 1. The van der Waals surface area contributed by atoms with Gasteiger partial charge in [0, 0.05) is 12.3 Å². The first-order valence-electron chi connectivity index (χ1n) is 11.9. The molecule has 0 aromatic heterocycles. The Kier molecular flexibility index (Phi) is 9.49. The van der Waals surface area contributed by atoms with Crippen LogP contribution in [-0.4, -0.2) is 56.8 Å². The lowest BCUT2D eigenvalue weighted by atomic mass is 9.66. The Morgan fingerprint density at radius 1 is 1.22 bits per heavy atom. The van der Waals surface area contributed by atoms with Crippen LogP contribution in [0.5, 0.6) is 0 Å². The minimum Gasteiger partial charge on any atom is -0.481 e. The van der Waals surface area contributed by atoms with E-state index in [1.54, 1.807) is 0 Å². The van der Waals surface area contributed by atoms with Crippen LogP contribution in [0.3, 0.4) is 0 Å². The highest BCUT2D eigenvalue weighted by Gasteiger charge is 2.43. The van der Waals surface area contributed by atoms with Gasteiger partial charge in [0.05, 0.1) is 30.1 Å². The van der Waals surface area contributed by atoms with Crippen LogP contribution in [0.1, 0.15) is 72.6 Å². The Bertz CT molecular complexity index is 709.